The first-order valence-corrected chi connectivity index (χ1v) is 6.94. The predicted octanol–water partition coefficient (Wildman–Crippen LogP) is 3.36. The molecule has 0 amide bonds. The summed E-state index contributed by atoms with van der Waals surface area (Å²) < 4.78 is 11.3. The molecule has 116 valence electrons. The Hall–Kier alpha value is -1.82. The number of hydrogen-bond donors (Lipinski definition) is 1. The molecule has 2 rings (SSSR count). The zero-order valence-corrected chi connectivity index (χ0v) is 13.1. The molecule has 1 saturated heterocycles. The molecule has 6 nitrogen and oxygen atoms in total. The van der Waals surface area contributed by atoms with Crippen molar-refractivity contribution in [2.75, 3.05) is 12.4 Å². The van der Waals surface area contributed by atoms with Gasteiger partial charge in [0, 0.05) is 6.07 Å². The summed E-state index contributed by atoms with van der Waals surface area (Å²) in [6.45, 7) is 8.20. The van der Waals surface area contributed by atoms with Gasteiger partial charge < -0.3 is 14.8 Å². The molecule has 0 saturated carbocycles. The summed E-state index contributed by atoms with van der Waals surface area (Å²) in [6.07, 6.45) is 0.847. The van der Waals surface area contributed by atoms with E-state index < -0.39 is 4.92 Å². The Bertz CT molecular complexity index is 555. The van der Waals surface area contributed by atoms with Gasteiger partial charge in [0.25, 0.3) is 5.69 Å². The van der Waals surface area contributed by atoms with Crippen LogP contribution in [-0.2, 0) is 4.74 Å². The van der Waals surface area contributed by atoms with Crippen LogP contribution in [0, 0.1) is 10.1 Å². The number of non-ortho nitro benzene ring substituents is 1. The van der Waals surface area contributed by atoms with Gasteiger partial charge in [-0.25, -0.2) is 0 Å². The minimum atomic E-state index is -0.433. The standard InChI is InChI=1S/C15H22N2O4/c1-14(2)9-13(15(3,4)21-14)16-11-7-6-10(17(18)19)8-12(11)20-5/h6-8,13,16H,9H2,1-5H3. The van der Waals surface area contributed by atoms with Gasteiger partial charge in [-0.2, -0.15) is 0 Å². The summed E-state index contributed by atoms with van der Waals surface area (Å²) >= 11 is 0. The fourth-order valence-corrected chi connectivity index (χ4v) is 2.89. The number of nitro benzene ring substituents is 1. The van der Waals surface area contributed by atoms with Crippen LogP contribution in [0.1, 0.15) is 34.1 Å². The number of nitrogens with zero attached hydrogens (tertiary/aromatic N) is 1. The fourth-order valence-electron chi connectivity index (χ4n) is 2.89. The molecule has 1 heterocycles. The van der Waals surface area contributed by atoms with Crippen molar-refractivity contribution in [2.45, 2.75) is 51.4 Å². The summed E-state index contributed by atoms with van der Waals surface area (Å²) in [5.74, 6) is 0.463. The SMILES string of the molecule is COc1cc([N+](=O)[O-])ccc1NC1CC(C)(C)OC1(C)C. The van der Waals surface area contributed by atoms with E-state index in [2.05, 4.69) is 19.2 Å². The number of benzene rings is 1. The van der Waals surface area contributed by atoms with Gasteiger partial charge in [-0.3, -0.25) is 10.1 Å². The highest BCUT2D eigenvalue weighted by atomic mass is 16.6. The van der Waals surface area contributed by atoms with Crippen LogP contribution in [0.25, 0.3) is 0 Å². The summed E-state index contributed by atoms with van der Waals surface area (Å²) in [5.41, 5.74) is 0.230. The van der Waals surface area contributed by atoms with Gasteiger partial charge in [0.15, 0.2) is 0 Å². The lowest BCUT2D eigenvalue weighted by molar-refractivity contribution is -0.384. The third kappa shape index (κ3) is 3.26. The highest BCUT2D eigenvalue weighted by Gasteiger charge is 2.46. The zero-order chi connectivity index (χ0) is 15.8. The van der Waals surface area contributed by atoms with Gasteiger partial charge in [-0.15, -0.1) is 0 Å². The normalized spacial score (nSPS) is 22.8. The van der Waals surface area contributed by atoms with Crippen LogP contribution in [0.2, 0.25) is 0 Å². The lowest BCUT2D eigenvalue weighted by Gasteiger charge is -2.28. The van der Waals surface area contributed by atoms with Crippen LogP contribution in [-0.4, -0.2) is 29.3 Å². The molecule has 1 atom stereocenters. The van der Waals surface area contributed by atoms with Crippen LogP contribution in [0.4, 0.5) is 11.4 Å². The maximum Gasteiger partial charge on any atom is 0.273 e. The van der Waals surface area contributed by atoms with Gasteiger partial charge in [0.2, 0.25) is 0 Å². The Kier molecular flexibility index (Phi) is 3.84. The summed E-state index contributed by atoms with van der Waals surface area (Å²) in [5, 5.41) is 14.2. The second-order valence-electron chi connectivity index (χ2n) is 6.51. The minimum Gasteiger partial charge on any atom is -0.494 e. The third-order valence-electron chi connectivity index (χ3n) is 3.80. The van der Waals surface area contributed by atoms with E-state index in [1.54, 1.807) is 6.07 Å². The number of rotatable bonds is 4. The molecule has 0 bridgehead atoms. The maximum absolute atomic E-state index is 10.8. The number of nitrogens with one attached hydrogen (secondary N) is 1. The Morgan fingerprint density at radius 1 is 1.38 bits per heavy atom. The van der Waals surface area contributed by atoms with E-state index in [4.69, 9.17) is 9.47 Å². The average Bonchev–Trinajstić information content (AvgIpc) is 2.57. The van der Waals surface area contributed by atoms with Crippen molar-refractivity contribution in [1.29, 1.82) is 0 Å². The van der Waals surface area contributed by atoms with Crippen molar-refractivity contribution < 1.29 is 14.4 Å². The van der Waals surface area contributed by atoms with Crippen molar-refractivity contribution in [1.82, 2.24) is 0 Å². The number of anilines is 1. The lowest BCUT2D eigenvalue weighted by Crippen LogP contribution is -2.38. The maximum atomic E-state index is 10.8. The van der Waals surface area contributed by atoms with Crippen molar-refractivity contribution in [3.8, 4) is 5.75 Å². The monoisotopic (exact) mass is 294 g/mol. The Morgan fingerprint density at radius 3 is 2.52 bits per heavy atom. The van der Waals surface area contributed by atoms with Gasteiger partial charge >= 0.3 is 0 Å². The minimum absolute atomic E-state index is 0.0136. The molecule has 1 aliphatic heterocycles. The molecule has 1 aromatic rings. The number of ether oxygens (including phenoxy) is 2. The second kappa shape index (κ2) is 5.18. The third-order valence-corrected chi connectivity index (χ3v) is 3.80. The van der Waals surface area contributed by atoms with Gasteiger partial charge in [-0.05, 0) is 40.2 Å². The first-order valence-electron chi connectivity index (χ1n) is 6.94. The van der Waals surface area contributed by atoms with Gasteiger partial charge in [0.1, 0.15) is 5.75 Å². The fraction of sp³-hybridized carbons (Fsp3) is 0.600. The first kappa shape index (κ1) is 15.6. The van der Waals surface area contributed by atoms with Crippen molar-refractivity contribution in [2.24, 2.45) is 0 Å². The van der Waals surface area contributed by atoms with E-state index in [1.165, 1.54) is 19.2 Å². The zero-order valence-electron chi connectivity index (χ0n) is 13.1. The number of nitro groups is 1. The van der Waals surface area contributed by atoms with Crippen LogP contribution >= 0.6 is 0 Å². The summed E-state index contributed by atoms with van der Waals surface area (Å²) in [6, 6.07) is 4.68. The summed E-state index contributed by atoms with van der Waals surface area (Å²) in [4.78, 5) is 10.4. The van der Waals surface area contributed by atoms with E-state index in [-0.39, 0.29) is 22.9 Å². The highest BCUT2D eigenvalue weighted by molar-refractivity contribution is 5.61. The molecule has 0 aliphatic carbocycles. The van der Waals surface area contributed by atoms with E-state index in [0.29, 0.717) is 5.75 Å². The number of methoxy groups -OCH3 is 1. The first-order chi connectivity index (χ1) is 9.64. The predicted molar refractivity (Wildman–Crippen MR) is 80.9 cm³/mol. The molecule has 1 aromatic carbocycles. The average molecular weight is 294 g/mol. The van der Waals surface area contributed by atoms with E-state index in [1.807, 2.05) is 13.8 Å². The van der Waals surface area contributed by atoms with Gasteiger partial charge in [-0.1, -0.05) is 0 Å². The smallest absolute Gasteiger partial charge is 0.273 e. The molecule has 1 unspecified atom stereocenters. The van der Waals surface area contributed by atoms with Crippen molar-refractivity contribution in [3.05, 3.63) is 28.3 Å². The van der Waals surface area contributed by atoms with E-state index in [9.17, 15) is 10.1 Å². The van der Waals surface area contributed by atoms with Crippen LogP contribution in [0.15, 0.2) is 18.2 Å². The topological polar surface area (TPSA) is 73.6 Å². The molecule has 6 heteroatoms. The van der Waals surface area contributed by atoms with Crippen molar-refractivity contribution in [3.63, 3.8) is 0 Å². The molecule has 0 radical (unpaired) electrons. The number of hydrogen-bond acceptors (Lipinski definition) is 5. The Labute approximate surface area is 124 Å². The van der Waals surface area contributed by atoms with Crippen molar-refractivity contribution >= 4 is 11.4 Å². The van der Waals surface area contributed by atoms with Crippen LogP contribution < -0.4 is 10.1 Å². The molecule has 21 heavy (non-hydrogen) atoms. The molecule has 1 N–H and O–H groups in total. The highest BCUT2D eigenvalue weighted by Crippen LogP contribution is 2.40. The molecule has 0 aromatic heterocycles. The van der Waals surface area contributed by atoms with E-state index in [0.717, 1.165) is 12.1 Å². The Morgan fingerprint density at radius 2 is 2.05 bits per heavy atom. The Balaban J connectivity index is 2.25. The summed E-state index contributed by atoms with van der Waals surface area (Å²) in [7, 11) is 1.50. The van der Waals surface area contributed by atoms with Crippen LogP contribution in [0.5, 0.6) is 5.75 Å². The lowest BCUT2D eigenvalue weighted by atomic mass is 9.94. The largest absolute Gasteiger partial charge is 0.494 e. The second-order valence-corrected chi connectivity index (χ2v) is 6.51. The molecule has 1 fully saturated rings. The quantitative estimate of drug-likeness (QED) is 0.681. The molecular weight excluding hydrogens is 272 g/mol. The molecule has 0 spiro atoms. The van der Waals surface area contributed by atoms with E-state index >= 15 is 0 Å². The van der Waals surface area contributed by atoms with Crippen LogP contribution in [0.3, 0.4) is 0 Å². The molecule has 1 aliphatic rings. The van der Waals surface area contributed by atoms with Gasteiger partial charge in [0.05, 0.1) is 41.0 Å². The molecular formula is C15H22N2O4.